The maximum atomic E-state index is 5.60. The molecule has 1 saturated heterocycles. The highest BCUT2D eigenvalue weighted by Crippen LogP contribution is 2.32. The summed E-state index contributed by atoms with van der Waals surface area (Å²) in [6.45, 7) is 6.09. The molecular weight excluding hydrogens is 188 g/mol. The standard InChI is InChI=1S/C11H20N4/c1-11(2-5-13-6-3-11)10-8-14-9-15(10)7-4-12/h8-9,13H,2-7,12H2,1H3. The Morgan fingerprint density at radius 2 is 2.27 bits per heavy atom. The first-order valence-electron chi connectivity index (χ1n) is 5.68. The van der Waals surface area contributed by atoms with Crippen LogP contribution >= 0.6 is 0 Å². The highest BCUT2D eigenvalue weighted by Gasteiger charge is 2.31. The summed E-state index contributed by atoms with van der Waals surface area (Å²) in [6.07, 6.45) is 6.27. The van der Waals surface area contributed by atoms with Crippen LogP contribution in [0.25, 0.3) is 0 Å². The van der Waals surface area contributed by atoms with E-state index in [4.69, 9.17) is 5.73 Å². The van der Waals surface area contributed by atoms with E-state index in [1.807, 2.05) is 12.5 Å². The topological polar surface area (TPSA) is 55.9 Å². The van der Waals surface area contributed by atoms with Crippen LogP contribution in [-0.2, 0) is 12.0 Å². The van der Waals surface area contributed by atoms with E-state index in [2.05, 4.69) is 21.8 Å². The predicted octanol–water partition coefficient (Wildman–Crippen LogP) is 0.483. The first-order valence-corrected chi connectivity index (χ1v) is 5.68. The minimum atomic E-state index is 0.275. The average molecular weight is 208 g/mol. The lowest BCUT2D eigenvalue weighted by Crippen LogP contribution is -2.39. The van der Waals surface area contributed by atoms with Crippen molar-refractivity contribution in [2.24, 2.45) is 5.73 Å². The van der Waals surface area contributed by atoms with Gasteiger partial charge in [0.15, 0.2) is 0 Å². The molecule has 1 aromatic rings. The van der Waals surface area contributed by atoms with Gasteiger partial charge in [-0.2, -0.15) is 0 Å². The molecule has 0 saturated carbocycles. The Morgan fingerprint density at radius 3 is 2.93 bits per heavy atom. The quantitative estimate of drug-likeness (QED) is 0.760. The third kappa shape index (κ3) is 2.06. The molecule has 0 aliphatic carbocycles. The Bertz CT molecular complexity index is 312. The maximum Gasteiger partial charge on any atom is 0.0948 e. The van der Waals surface area contributed by atoms with Crippen molar-refractivity contribution in [1.82, 2.24) is 14.9 Å². The summed E-state index contributed by atoms with van der Waals surface area (Å²) in [5.74, 6) is 0. The van der Waals surface area contributed by atoms with Gasteiger partial charge in [-0.05, 0) is 25.9 Å². The second kappa shape index (κ2) is 4.33. The Hall–Kier alpha value is -0.870. The summed E-state index contributed by atoms with van der Waals surface area (Å²) in [7, 11) is 0. The van der Waals surface area contributed by atoms with Gasteiger partial charge in [-0.15, -0.1) is 0 Å². The third-order valence-electron chi connectivity index (χ3n) is 3.41. The van der Waals surface area contributed by atoms with Gasteiger partial charge in [-0.3, -0.25) is 0 Å². The van der Waals surface area contributed by atoms with E-state index >= 15 is 0 Å². The molecule has 4 nitrogen and oxygen atoms in total. The Morgan fingerprint density at radius 1 is 1.53 bits per heavy atom. The lowest BCUT2D eigenvalue weighted by molar-refractivity contribution is 0.317. The van der Waals surface area contributed by atoms with Gasteiger partial charge >= 0.3 is 0 Å². The van der Waals surface area contributed by atoms with Crippen molar-refractivity contribution in [2.75, 3.05) is 19.6 Å². The fourth-order valence-electron chi connectivity index (χ4n) is 2.38. The number of rotatable bonds is 3. The second-order valence-electron chi connectivity index (χ2n) is 4.57. The van der Waals surface area contributed by atoms with E-state index in [1.165, 1.54) is 18.5 Å². The predicted molar refractivity (Wildman–Crippen MR) is 60.7 cm³/mol. The molecule has 2 heterocycles. The zero-order valence-electron chi connectivity index (χ0n) is 9.37. The normalized spacial score (nSPS) is 20.4. The van der Waals surface area contributed by atoms with Crippen molar-refractivity contribution in [1.29, 1.82) is 0 Å². The lowest BCUT2D eigenvalue weighted by atomic mass is 9.78. The van der Waals surface area contributed by atoms with Gasteiger partial charge in [-0.25, -0.2) is 4.98 Å². The fraction of sp³-hybridized carbons (Fsp3) is 0.727. The number of imidazole rings is 1. The Balaban J connectivity index is 2.22. The first-order chi connectivity index (χ1) is 7.26. The first kappa shape index (κ1) is 10.6. The van der Waals surface area contributed by atoms with Crippen LogP contribution < -0.4 is 11.1 Å². The van der Waals surface area contributed by atoms with Crippen molar-refractivity contribution in [3.05, 3.63) is 18.2 Å². The monoisotopic (exact) mass is 208 g/mol. The Labute approximate surface area is 90.9 Å². The van der Waals surface area contributed by atoms with Crippen LogP contribution in [0.3, 0.4) is 0 Å². The van der Waals surface area contributed by atoms with E-state index in [-0.39, 0.29) is 5.41 Å². The van der Waals surface area contributed by atoms with Gasteiger partial charge in [0, 0.05) is 30.4 Å². The van der Waals surface area contributed by atoms with E-state index in [9.17, 15) is 0 Å². The van der Waals surface area contributed by atoms with Crippen molar-refractivity contribution >= 4 is 0 Å². The average Bonchev–Trinajstić information content (AvgIpc) is 2.68. The number of hydrogen-bond acceptors (Lipinski definition) is 3. The summed E-state index contributed by atoms with van der Waals surface area (Å²) in [4.78, 5) is 4.25. The van der Waals surface area contributed by atoms with Gasteiger partial charge in [0.05, 0.1) is 6.33 Å². The van der Waals surface area contributed by atoms with Crippen LogP contribution in [-0.4, -0.2) is 29.2 Å². The number of nitrogens with one attached hydrogen (secondary N) is 1. The molecule has 0 bridgehead atoms. The van der Waals surface area contributed by atoms with E-state index in [0.29, 0.717) is 6.54 Å². The molecule has 0 atom stereocenters. The summed E-state index contributed by atoms with van der Waals surface area (Å²) >= 11 is 0. The van der Waals surface area contributed by atoms with Crippen molar-refractivity contribution in [3.8, 4) is 0 Å². The highest BCUT2D eigenvalue weighted by molar-refractivity contribution is 5.15. The number of aromatic nitrogens is 2. The second-order valence-corrected chi connectivity index (χ2v) is 4.57. The molecule has 0 unspecified atom stereocenters. The van der Waals surface area contributed by atoms with Gasteiger partial charge in [0.2, 0.25) is 0 Å². The van der Waals surface area contributed by atoms with Gasteiger partial charge < -0.3 is 15.6 Å². The molecule has 0 radical (unpaired) electrons. The van der Waals surface area contributed by atoms with Crippen molar-refractivity contribution in [2.45, 2.75) is 31.7 Å². The minimum absolute atomic E-state index is 0.275. The molecule has 2 rings (SSSR count). The summed E-state index contributed by atoms with van der Waals surface area (Å²) in [5, 5.41) is 3.40. The molecule has 15 heavy (non-hydrogen) atoms. The smallest absolute Gasteiger partial charge is 0.0948 e. The molecule has 1 aliphatic rings. The van der Waals surface area contributed by atoms with Crippen LogP contribution in [0.1, 0.15) is 25.5 Å². The van der Waals surface area contributed by atoms with Crippen LogP contribution in [0.2, 0.25) is 0 Å². The number of hydrogen-bond donors (Lipinski definition) is 2. The van der Waals surface area contributed by atoms with Crippen LogP contribution in [0, 0.1) is 0 Å². The van der Waals surface area contributed by atoms with Gasteiger partial charge in [-0.1, -0.05) is 6.92 Å². The van der Waals surface area contributed by atoms with Crippen molar-refractivity contribution in [3.63, 3.8) is 0 Å². The molecule has 1 aromatic heterocycles. The largest absolute Gasteiger partial charge is 0.333 e. The Kier molecular flexibility index (Phi) is 3.07. The van der Waals surface area contributed by atoms with Gasteiger partial charge in [0.1, 0.15) is 0 Å². The molecule has 0 aromatic carbocycles. The molecule has 84 valence electrons. The number of nitrogens with zero attached hydrogens (tertiary/aromatic N) is 2. The van der Waals surface area contributed by atoms with E-state index in [1.54, 1.807) is 0 Å². The molecule has 4 heteroatoms. The summed E-state index contributed by atoms with van der Waals surface area (Å²) < 4.78 is 2.20. The van der Waals surface area contributed by atoms with Crippen molar-refractivity contribution < 1.29 is 0 Å². The van der Waals surface area contributed by atoms with Crippen LogP contribution in [0.15, 0.2) is 12.5 Å². The maximum absolute atomic E-state index is 5.60. The minimum Gasteiger partial charge on any atom is -0.333 e. The number of piperidine rings is 1. The molecule has 3 N–H and O–H groups in total. The molecular formula is C11H20N4. The molecule has 0 spiro atoms. The zero-order chi connectivity index (χ0) is 10.7. The number of nitrogens with two attached hydrogens (primary N) is 1. The summed E-state index contributed by atoms with van der Waals surface area (Å²) in [5.41, 5.74) is 7.22. The van der Waals surface area contributed by atoms with E-state index < -0.39 is 0 Å². The van der Waals surface area contributed by atoms with Crippen LogP contribution in [0.5, 0.6) is 0 Å². The molecule has 0 amide bonds. The van der Waals surface area contributed by atoms with Crippen LogP contribution in [0.4, 0.5) is 0 Å². The van der Waals surface area contributed by atoms with Gasteiger partial charge in [0.25, 0.3) is 0 Å². The zero-order valence-corrected chi connectivity index (χ0v) is 9.37. The molecule has 1 fully saturated rings. The third-order valence-corrected chi connectivity index (χ3v) is 3.41. The van der Waals surface area contributed by atoms with E-state index in [0.717, 1.165) is 19.6 Å². The lowest BCUT2D eigenvalue weighted by Gasteiger charge is -2.34. The fourth-order valence-corrected chi connectivity index (χ4v) is 2.38. The summed E-state index contributed by atoms with van der Waals surface area (Å²) in [6, 6.07) is 0. The molecule has 1 aliphatic heterocycles. The highest BCUT2D eigenvalue weighted by atomic mass is 15.1. The SMILES string of the molecule is CC1(c2cncn2CCN)CCNCC1.